The van der Waals surface area contributed by atoms with Gasteiger partial charge >= 0.3 is 0 Å². The Morgan fingerprint density at radius 2 is 2.05 bits per heavy atom. The van der Waals surface area contributed by atoms with Crippen LogP contribution >= 0.6 is 11.3 Å². The molecule has 2 heterocycles. The lowest BCUT2D eigenvalue weighted by molar-refractivity contribution is -0.121. The molecule has 0 fully saturated rings. The first kappa shape index (κ1) is 16.4. The van der Waals surface area contributed by atoms with E-state index in [1.165, 1.54) is 11.3 Å². The summed E-state index contributed by atoms with van der Waals surface area (Å²) in [5.74, 6) is 0.878. The van der Waals surface area contributed by atoms with Gasteiger partial charge in [0.25, 0.3) is 0 Å². The van der Waals surface area contributed by atoms with E-state index in [9.17, 15) is 9.59 Å². The van der Waals surface area contributed by atoms with Crippen LogP contribution in [0.5, 0.6) is 0 Å². The van der Waals surface area contributed by atoms with Gasteiger partial charge < -0.3 is 9.84 Å². The van der Waals surface area contributed by atoms with Crippen LogP contribution in [0.3, 0.4) is 0 Å². The average Bonchev–Trinajstić information content (AvgIpc) is 3.05. The highest BCUT2D eigenvalue weighted by Gasteiger charge is 2.11. The molecular formula is C16H20N2O3S. The second-order valence-electron chi connectivity index (χ2n) is 5.22. The zero-order valence-electron chi connectivity index (χ0n) is 13.1. The predicted molar refractivity (Wildman–Crippen MR) is 85.3 cm³/mol. The molecule has 0 aliphatic carbocycles. The molecule has 6 heteroatoms. The minimum Gasteiger partial charge on any atom is -0.361 e. The minimum atomic E-state index is 0.0170. The fraction of sp³-hybridized carbons (Fsp3) is 0.438. The molecule has 0 saturated heterocycles. The molecule has 0 spiro atoms. The van der Waals surface area contributed by atoms with Crippen molar-refractivity contribution in [3.05, 3.63) is 38.9 Å². The van der Waals surface area contributed by atoms with Crippen LogP contribution in [-0.4, -0.2) is 23.4 Å². The number of aromatic nitrogens is 1. The van der Waals surface area contributed by atoms with Gasteiger partial charge in [-0.25, -0.2) is 0 Å². The first-order valence-corrected chi connectivity index (χ1v) is 8.07. The van der Waals surface area contributed by atoms with Gasteiger partial charge in [0.15, 0.2) is 5.78 Å². The summed E-state index contributed by atoms with van der Waals surface area (Å²) < 4.78 is 5.08. The second kappa shape index (κ2) is 7.35. The number of carbonyl (C=O) groups is 2. The summed E-state index contributed by atoms with van der Waals surface area (Å²) in [6, 6.07) is 3.78. The van der Waals surface area contributed by atoms with Gasteiger partial charge in [-0.15, -0.1) is 11.3 Å². The van der Waals surface area contributed by atoms with Crippen molar-refractivity contribution in [2.45, 2.75) is 40.0 Å². The molecule has 2 aromatic rings. The largest absolute Gasteiger partial charge is 0.361 e. The molecule has 22 heavy (non-hydrogen) atoms. The maximum absolute atomic E-state index is 11.9. The van der Waals surface area contributed by atoms with Gasteiger partial charge in [0.05, 0.1) is 10.6 Å². The fourth-order valence-corrected chi connectivity index (χ4v) is 3.11. The van der Waals surface area contributed by atoms with Crippen molar-refractivity contribution >= 4 is 23.0 Å². The van der Waals surface area contributed by atoms with E-state index in [-0.39, 0.29) is 11.7 Å². The molecule has 1 amide bonds. The lowest BCUT2D eigenvalue weighted by Crippen LogP contribution is -2.25. The molecule has 0 aliphatic heterocycles. The number of hydrogen-bond acceptors (Lipinski definition) is 5. The van der Waals surface area contributed by atoms with Crippen LogP contribution in [0.4, 0.5) is 0 Å². The SMILES string of the molecule is CC(=O)c1ccc(CCNC(=O)CCc2c(C)noc2C)s1. The van der Waals surface area contributed by atoms with E-state index in [2.05, 4.69) is 10.5 Å². The third kappa shape index (κ3) is 4.27. The molecule has 0 saturated carbocycles. The van der Waals surface area contributed by atoms with Crippen molar-refractivity contribution in [2.24, 2.45) is 0 Å². The third-order valence-electron chi connectivity index (χ3n) is 3.49. The molecule has 118 valence electrons. The fourth-order valence-electron chi connectivity index (χ4n) is 2.21. The van der Waals surface area contributed by atoms with Crippen molar-refractivity contribution < 1.29 is 14.1 Å². The van der Waals surface area contributed by atoms with Gasteiger partial charge in [-0.2, -0.15) is 0 Å². The number of hydrogen-bond donors (Lipinski definition) is 1. The first-order valence-electron chi connectivity index (χ1n) is 7.25. The van der Waals surface area contributed by atoms with E-state index in [1.54, 1.807) is 6.92 Å². The Bertz CT molecular complexity index is 653. The maximum atomic E-state index is 11.9. The van der Waals surface area contributed by atoms with Crippen LogP contribution in [0.2, 0.25) is 0 Å². The molecule has 1 N–H and O–H groups in total. The first-order chi connectivity index (χ1) is 10.5. The van der Waals surface area contributed by atoms with Gasteiger partial charge in [-0.3, -0.25) is 9.59 Å². The Labute approximate surface area is 133 Å². The zero-order valence-corrected chi connectivity index (χ0v) is 13.9. The molecule has 0 atom stereocenters. The summed E-state index contributed by atoms with van der Waals surface area (Å²) in [6.45, 7) is 5.88. The summed E-state index contributed by atoms with van der Waals surface area (Å²) in [5.41, 5.74) is 1.86. The number of nitrogens with zero attached hydrogens (tertiary/aromatic N) is 1. The predicted octanol–water partition coefficient (Wildman–Crippen LogP) is 2.85. The van der Waals surface area contributed by atoms with E-state index >= 15 is 0 Å². The highest BCUT2D eigenvalue weighted by atomic mass is 32.1. The summed E-state index contributed by atoms with van der Waals surface area (Å²) in [6.07, 6.45) is 1.81. The van der Waals surface area contributed by atoms with Crippen molar-refractivity contribution in [3.63, 3.8) is 0 Å². The number of aryl methyl sites for hydroxylation is 2. The molecule has 2 rings (SSSR count). The topological polar surface area (TPSA) is 72.2 Å². The van der Waals surface area contributed by atoms with Crippen LogP contribution < -0.4 is 5.32 Å². The molecule has 0 aromatic carbocycles. The van der Waals surface area contributed by atoms with Crippen LogP contribution in [-0.2, 0) is 17.6 Å². The number of Topliss-reactive ketones (excluding diaryl/α,β-unsaturated/α-hetero) is 1. The van der Waals surface area contributed by atoms with Crippen LogP contribution in [0.15, 0.2) is 16.7 Å². The Balaban J connectivity index is 1.72. The number of ketones is 1. The van der Waals surface area contributed by atoms with Crippen molar-refractivity contribution in [1.29, 1.82) is 0 Å². The van der Waals surface area contributed by atoms with Crippen LogP contribution in [0.25, 0.3) is 0 Å². The Morgan fingerprint density at radius 3 is 2.64 bits per heavy atom. The Hall–Kier alpha value is -1.95. The zero-order chi connectivity index (χ0) is 16.1. The normalized spacial score (nSPS) is 10.7. The Morgan fingerprint density at radius 1 is 1.27 bits per heavy atom. The van der Waals surface area contributed by atoms with E-state index in [0.717, 1.165) is 33.2 Å². The molecule has 0 bridgehead atoms. The number of thiophene rings is 1. The lowest BCUT2D eigenvalue weighted by Gasteiger charge is -2.04. The Kier molecular flexibility index (Phi) is 5.49. The van der Waals surface area contributed by atoms with Gasteiger partial charge in [0, 0.05) is 23.4 Å². The van der Waals surface area contributed by atoms with Gasteiger partial charge in [-0.1, -0.05) is 5.16 Å². The smallest absolute Gasteiger partial charge is 0.220 e. The monoisotopic (exact) mass is 320 g/mol. The molecule has 2 aromatic heterocycles. The van der Waals surface area contributed by atoms with E-state index in [1.807, 2.05) is 26.0 Å². The van der Waals surface area contributed by atoms with Gasteiger partial charge in [-0.05, 0) is 45.7 Å². The van der Waals surface area contributed by atoms with Gasteiger partial charge in [0.1, 0.15) is 5.76 Å². The molecular weight excluding hydrogens is 300 g/mol. The summed E-state index contributed by atoms with van der Waals surface area (Å²) in [7, 11) is 0. The standard InChI is InChI=1S/C16H20N2O3S/c1-10-14(12(3)21-18-10)5-7-16(20)17-9-8-13-4-6-15(22-13)11(2)19/h4,6H,5,7-9H2,1-3H3,(H,17,20). The van der Waals surface area contributed by atoms with E-state index < -0.39 is 0 Å². The summed E-state index contributed by atoms with van der Waals surface area (Å²) in [5, 5.41) is 6.78. The summed E-state index contributed by atoms with van der Waals surface area (Å²) in [4.78, 5) is 24.9. The second-order valence-corrected chi connectivity index (χ2v) is 6.39. The highest BCUT2D eigenvalue weighted by molar-refractivity contribution is 7.14. The molecule has 0 radical (unpaired) electrons. The average molecular weight is 320 g/mol. The third-order valence-corrected chi connectivity index (χ3v) is 4.73. The van der Waals surface area contributed by atoms with Crippen LogP contribution in [0.1, 0.15) is 44.9 Å². The van der Waals surface area contributed by atoms with Crippen molar-refractivity contribution in [1.82, 2.24) is 10.5 Å². The van der Waals surface area contributed by atoms with E-state index in [0.29, 0.717) is 19.4 Å². The number of carbonyl (C=O) groups excluding carboxylic acids is 2. The lowest BCUT2D eigenvalue weighted by atomic mass is 10.1. The molecule has 0 unspecified atom stereocenters. The number of nitrogens with one attached hydrogen (secondary N) is 1. The van der Waals surface area contributed by atoms with E-state index in [4.69, 9.17) is 4.52 Å². The quantitative estimate of drug-likeness (QED) is 0.796. The minimum absolute atomic E-state index is 0.0170. The number of rotatable bonds is 7. The molecule has 0 aliphatic rings. The maximum Gasteiger partial charge on any atom is 0.220 e. The van der Waals surface area contributed by atoms with Crippen molar-refractivity contribution in [2.75, 3.05) is 6.54 Å². The van der Waals surface area contributed by atoms with Crippen molar-refractivity contribution in [3.8, 4) is 0 Å². The van der Waals surface area contributed by atoms with Crippen LogP contribution in [0, 0.1) is 13.8 Å². The number of amides is 1. The molecule has 5 nitrogen and oxygen atoms in total. The summed E-state index contributed by atoms with van der Waals surface area (Å²) >= 11 is 1.49. The highest BCUT2D eigenvalue weighted by Crippen LogP contribution is 2.17. The van der Waals surface area contributed by atoms with Gasteiger partial charge in [0.2, 0.25) is 5.91 Å².